The first-order valence-corrected chi connectivity index (χ1v) is 6.98. The molecule has 0 aromatic carbocycles. The molecule has 1 aromatic rings. The SMILES string of the molecule is COCCNC(=O)N[C@@H]1COCC[C@H]1Oc1ccccn1. The zero-order valence-electron chi connectivity index (χ0n) is 12.1. The van der Waals surface area contributed by atoms with Crippen LogP contribution in [0.2, 0.25) is 0 Å². The topological polar surface area (TPSA) is 81.7 Å². The van der Waals surface area contributed by atoms with Crippen molar-refractivity contribution in [2.45, 2.75) is 18.6 Å². The summed E-state index contributed by atoms with van der Waals surface area (Å²) in [5.74, 6) is 0.552. The molecule has 7 nitrogen and oxygen atoms in total. The van der Waals surface area contributed by atoms with Crippen LogP contribution in [0.25, 0.3) is 0 Å². The molecule has 2 amide bonds. The fourth-order valence-corrected chi connectivity index (χ4v) is 2.05. The molecule has 7 heteroatoms. The predicted molar refractivity (Wildman–Crippen MR) is 76.3 cm³/mol. The maximum absolute atomic E-state index is 11.8. The van der Waals surface area contributed by atoms with Gasteiger partial charge in [-0.15, -0.1) is 0 Å². The number of amides is 2. The number of methoxy groups -OCH3 is 1. The minimum absolute atomic E-state index is 0.151. The number of rotatable bonds is 6. The van der Waals surface area contributed by atoms with Crippen molar-refractivity contribution in [2.24, 2.45) is 0 Å². The van der Waals surface area contributed by atoms with Crippen LogP contribution in [0, 0.1) is 0 Å². The summed E-state index contributed by atoms with van der Waals surface area (Å²) in [5.41, 5.74) is 0. The van der Waals surface area contributed by atoms with E-state index in [-0.39, 0.29) is 18.2 Å². The van der Waals surface area contributed by atoms with Crippen molar-refractivity contribution in [1.82, 2.24) is 15.6 Å². The Hall–Kier alpha value is -1.86. The van der Waals surface area contributed by atoms with Crippen molar-refractivity contribution in [2.75, 3.05) is 33.5 Å². The molecular weight excluding hydrogens is 274 g/mol. The molecule has 1 aromatic heterocycles. The molecule has 1 saturated heterocycles. The first kappa shape index (κ1) is 15.5. The Kier molecular flexibility index (Phi) is 6.23. The Labute approximate surface area is 124 Å². The van der Waals surface area contributed by atoms with Gasteiger partial charge in [0.05, 0.1) is 25.9 Å². The lowest BCUT2D eigenvalue weighted by atomic mass is 10.1. The fraction of sp³-hybridized carbons (Fsp3) is 0.571. The van der Waals surface area contributed by atoms with Crippen LogP contribution in [0.1, 0.15) is 6.42 Å². The highest BCUT2D eigenvalue weighted by molar-refractivity contribution is 5.74. The van der Waals surface area contributed by atoms with Crippen molar-refractivity contribution >= 4 is 6.03 Å². The third-order valence-electron chi connectivity index (χ3n) is 3.11. The maximum Gasteiger partial charge on any atom is 0.315 e. The highest BCUT2D eigenvalue weighted by atomic mass is 16.5. The lowest BCUT2D eigenvalue weighted by molar-refractivity contribution is -0.00200. The Morgan fingerprint density at radius 2 is 2.43 bits per heavy atom. The van der Waals surface area contributed by atoms with Gasteiger partial charge in [0.25, 0.3) is 0 Å². The molecular formula is C14H21N3O4. The van der Waals surface area contributed by atoms with Gasteiger partial charge in [0.2, 0.25) is 5.88 Å². The van der Waals surface area contributed by atoms with Crippen LogP contribution in [0.3, 0.4) is 0 Å². The normalized spacial score (nSPS) is 21.6. The number of carbonyl (C=O) groups excluding carboxylic acids is 1. The molecule has 1 fully saturated rings. The van der Waals surface area contributed by atoms with E-state index >= 15 is 0 Å². The van der Waals surface area contributed by atoms with Gasteiger partial charge in [-0.25, -0.2) is 9.78 Å². The first-order chi connectivity index (χ1) is 10.3. The van der Waals surface area contributed by atoms with E-state index in [4.69, 9.17) is 14.2 Å². The molecule has 0 radical (unpaired) electrons. The van der Waals surface area contributed by atoms with E-state index in [1.165, 1.54) is 0 Å². The first-order valence-electron chi connectivity index (χ1n) is 6.98. The van der Waals surface area contributed by atoms with Crippen LogP contribution in [-0.2, 0) is 9.47 Å². The minimum Gasteiger partial charge on any atom is -0.472 e. The molecule has 0 aliphatic carbocycles. The van der Waals surface area contributed by atoms with Crippen molar-refractivity contribution in [3.8, 4) is 5.88 Å². The summed E-state index contributed by atoms with van der Waals surface area (Å²) in [4.78, 5) is 15.9. The predicted octanol–water partition coefficient (Wildman–Crippen LogP) is 0.563. The lowest BCUT2D eigenvalue weighted by Crippen LogP contribution is -2.54. The van der Waals surface area contributed by atoms with E-state index in [1.54, 1.807) is 19.4 Å². The van der Waals surface area contributed by atoms with Gasteiger partial charge in [0, 0.05) is 32.3 Å². The smallest absolute Gasteiger partial charge is 0.315 e. The van der Waals surface area contributed by atoms with Gasteiger partial charge in [-0.1, -0.05) is 6.07 Å². The third kappa shape index (κ3) is 5.20. The standard InChI is InChI=1S/C14H21N3O4/c1-19-9-7-16-14(18)17-11-10-20-8-5-12(11)21-13-4-2-3-6-15-13/h2-4,6,11-12H,5,7-10H2,1H3,(H2,16,17,18)/t11-,12-/m1/s1. The van der Waals surface area contributed by atoms with E-state index in [9.17, 15) is 4.79 Å². The van der Waals surface area contributed by atoms with Gasteiger partial charge in [-0.3, -0.25) is 0 Å². The van der Waals surface area contributed by atoms with Crippen LogP contribution in [0.15, 0.2) is 24.4 Å². The van der Waals surface area contributed by atoms with Gasteiger partial charge in [-0.2, -0.15) is 0 Å². The zero-order chi connectivity index (χ0) is 14.9. The van der Waals surface area contributed by atoms with E-state index in [0.717, 1.165) is 0 Å². The summed E-state index contributed by atoms with van der Waals surface area (Å²) in [6.07, 6.45) is 2.23. The van der Waals surface area contributed by atoms with E-state index in [1.807, 2.05) is 12.1 Å². The summed E-state index contributed by atoms with van der Waals surface area (Å²) in [6, 6.07) is 5.03. The Morgan fingerprint density at radius 3 is 3.19 bits per heavy atom. The fourth-order valence-electron chi connectivity index (χ4n) is 2.05. The number of urea groups is 1. The van der Waals surface area contributed by atoms with Gasteiger partial charge in [-0.05, 0) is 6.07 Å². The summed E-state index contributed by atoms with van der Waals surface area (Å²) in [5, 5.41) is 5.58. The highest BCUT2D eigenvalue weighted by Gasteiger charge is 2.29. The second kappa shape index (κ2) is 8.43. The molecule has 2 N–H and O–H groups in total. The molecule has 0 saturated carbocycles. The maximum atomic E-state index is 11.8. The molecule has 0 spiro atoms. The number of nitrogens with zero attached hydrogens (tertiary/aromatic N) is 1. The van der Waals surface area contributed by atoms with Crippen molar-refractivity contribution in [1.29, 1.82) is 0 Å². The molecule has 116 valence electrons. The lowest BCUT2D eigenvalue weighted by Gasteiger charge is -2.32. The van der Waals surface area contributed by atoms with Crippen molar-refractivity contribution < 1.29 is 19.0 Å². The Bertz CT molecular complexity index is 429. The van der Waals surface area contributed by atoms with Gasteiger partial charge < -0.3 is 24.8 Å². The molecule has 1 aliphatic heterocycles. The number of pyridine rings is 1. The van der Waals surface area contributed by atoms with Crippen LogP contribution in [0.4, 0.5) is 4.79 Å². The summed E-state index contributed by atoms with van der Waals surface area (Å²) in [6.45, 7) is 1.97. The number of carbonyl (C=O) groups is 1. The molecule has 1 aliphatic rings. The molecule has 0 bridgehead atoms. The van der Waals surface area contributed by atoms with Crippen LogP contribution in [-0.4, -0.2) is 56.6 Å². The average Bonchev–Trinajstić information content (AvgIpc) is 2.51. The van der Waals surface area contributed by atoms with Crippen LogP contribution >= 0.6 is 0 Å². The molecule has 0 unspecified atom stereocenters. The average molecular weight is 295 g/mol. The van der Waals surface area contributed by atoms with E-state index in [0.29, 0.717) is 38.7 Å². The monoisotopic (exact) mass is 295 g/mol. The zero-order valence-corrected chi connectivity index (χ0v) is 12.1. The van der Waals surface area contributed by atoms with E-state index in [2.05, 4.69) is 15.6 Å². The second-order valence-electron chi connectivity index (χ2n) is 4.69. The number of aromatic nitrogens is 1. The minimum atomic E-state index is -0.253. The number of hydrogen-bond acceptors (Lipinski definition) is 5. The largest absolute Gasteiger partial charge is 0.472 e. The van der Waals surface area contributed by atoms with Crippen LogP contribution in [0.5, 0.6) is 5.88 Å². The molecule has 21 heavy (non-hydrogen) atoms. The van der Waals surface area contributed by atoms with E-state index < -0.39 is 0 Å². The third-order valence-corrected chi connectivity index (χ3v) is 3.11. The summed E-state index contributed by atoms with van der Waals surface area (Å²) < 4.78 is 16.1. The Morgan fingerprint density at radius 1 is 1.52 bits per heavy atom. The number of ether oxygens (including phenoxy) is 3. The number of hydrogen-bond donors (Lipinski definition) is 2. The van der Waals surface area contributed by atoms with Crippen molar-refractivity contribution in [3.05, 3.63) is 24.4 Å². The number of nitrogens with one attached hydrogen (secondary N) is 2. The van der Waals surface area contributed by atoms with Crippen molar-refractivity contribution in [3.63, 3.8) is 0 Å². The quantitative estimate of drug-likeness (QED) is 0.750. The van der Waals surface area contributed by atoms with Gasteiger partial charge in [0.15, 0.2) is 0 Å². The highest BCUT2D eigenvalue weighted by Crippen LogP contribution is 2.15. The molecule has 2 rings (SSSR count). The Balaban J connectivity index is 1.85. The molecule has 2 heterocycles. The second-order valence-corrected chi connectivity index (χ2v) is 4.69. The summed E-state index contributed by atoms with van der Waals surface area (Å²) in [7, 11) is 1.59. The van der Waals surface area contributed by atoms with Crippen LogP contribution < -0.4 is 15.4 Å². The summed E-state index contributed by atoms with van der Waals surface area (Å²) >= 11 is 0. The van der Waals surface area contributed by atoms with Gasteiger partial charge >= 0.3 is 6.03 Å². The molecule has 2 atom stereocenters. The van der Waals surface area contributed by atoms with Gasteiger partial charge in [0.1, 0.15) is 6.10 Å².